The first kappa shape index (κ1) is 13.3. The molecule has 3 nitrogen and oxygen atoms in total. The normalized spacial score (nSPS) is 29.0. The molecule has 4 atom stereocenters. The molecule has 2 aliphatic rings. The molecule has 1 aromatic heterocycles. The Morgan fingerprint density at radius 3 is 2.62 bits per heavy atom. The quantitative estimate of drug-likeness (QED) is 0.830. The zero-order chi connectivity index (χ0) is 14.4. The van der Waals surface area contributed by atoms with Crippen LogP contribution in [0.4, 0.5) is 0 Å². The van der Waals surface area contributed by atoms with Crippen molar-refractivity contribution in [3.8, 4) is 11.4 Å². The fraction of sp³-hybridized carbons (Fsp3) is 0.529. The summed E-state index contributed by atoms with van der Waals surface area (Å²) in [5.74, 6) is 3.43. The van der Waals surface area contributed by atoms with Crippen molar-refractivity contribution in [1.29, 1.82) is 0 Å². The number of halogens is 1. The first-order valence-electron chi connectivity index (χ1n) is 7.90. The van der Waals surface area contributed by atoms with Gasteiger partial charge in [-0.05, 0) is 55.5 Å². The van der Waals surface area contributed by atoms with Crippen LogP contribution in [0, 0.1) is 17.8 Å². The summed E-state index contributed by atoms with van der Waals surface area (Å²) >= 11 is 6.36. The van der Waals surface area contributed by atoms with Gasteiger partial charge in [-0.25, -0.2) is 0 Å². The Labute approximate surface area is 130 Å². The smallest absolute Gasteiger partial charge is 0.225 e. The third-order valence-electron chi connectivity index (χ3n) is 5.51. The standard InChI is InChI=1S/C17H20ClN3/c1-11(15-10-12-7-8-14(15)9-12)21-16(19-20-17(21)18)13-5-3-2-4-6-13/h2-6,11-12,14-15H,7-10H2,1H3. The minimum absolute atomic E-state index is 0.373. The van der Waals surface area contributed by atoms with E-state index in [0.29, 0.717) is 11.3 Å². The van der Waals surface area contributed by atoms with Crippen molar-refractivity contribution in [2.24, 2.45) is 17.8 Å². The number of fused-ring (bicyclic) bond motifs is 2. The van der Waals surface area contributed by atoms with Crippen LogP contribution in [0.25, 0.3) is 11.4 Å². The van der Waals surface area contributed by atoms with E-state index in [1.54, 1.807) is 0 Å². The minimum atomic E-state index is 0.373. The average molecular weight is 302 g/mol. The van der Waals surface area contributed by atoms with Crippen LogP contribution in [0.3, 0.4) is 0 Å². The molecule has 1 heterocycles. The molecule has 21 heavy (non-hydrogen) atoms. The maximum atomic E-state index is 6.36. The number of rotatable bonds is 3. The molecular formula is C17H20ClN3. The van der Waals surface area contributed by atoms with Gasteiger partial charge in [-0.15, -0.1) is 10.2 Å². The van der Waals surface area contributed by atoms with Crippen molar-refractivity contribution in [3.63, 3.8) is 0 Å². The van der Waals surface area contributed by atoms with Gasteiger partial charge >= 0.3 is 0 Å². The highest BCUT2D eigenvalue weighted by atomic mass is 35.5. The van der Waals surface area contributed by atoms with Crippen LogP contribution in [0.2, 0.25) is 5.28 Å². The summed E-state index contributed by atoms with van der Waals surface area (Å²) in [6, 6.07) is 10.6. The van der Waals surface area contributed by atoms with Gasteiger partial charge in [0, 0.05) is 11.6 Å². The van der Waals surface area contributed by atoms with Crippen molar-refractivity contribution in [2.75, 3.05) is 0 Å². The van der Waals surface area contributed by atoms with Gasteiger partial charge < -0.3 is 0 Å². The van der Waals surface area contributed by atoms with Gasteiger partial charge in [0.25, 0.3) is 0 Å². The summed E-state index contributed by atoms with van der Waals surface area (Å²) < 4.78 is 2.14. The lowest BCUT2D eigenvalue weighted by Gasteiger charge is -2.29. The molecule has 0 amide bonds. The van der Waals surface area contributed by atoms with Gasteiger partial charge in [0.15, 0.2) is 5.82 Å². The zero-order valence-electron chi connectivity index (χ0n) is 12.2. The van der Waals surface area contributed by atoms with E-state index in [9.17, 15) is 0 Å². The topological polar surface area (TPSA) is 30.7 Å². The van der Waals surface area contributed by atoms with Crippen molar-refractivity contribution in [3.05, 3.63) is 35.6 Å². The summed E-state index contributed by atoms with van der Waals surface area (Å²) in [4.78, 5) is 0. The molecule has 110 valence electrons. The Morgan fingerprint density at radius 1 is 1.14 bits per heavy atom. The maximum Gasteiger partial charge on any atom is 0.225 e. The largest absolute Gasteiger partial charge is 0.295 e. The first-order chi connectivity index (χ1) is 10.2. The lowest BCUT2D eigenvalue weighted by molar-refractivity contribution is 0.244. The van der Waals surface area contributed by atoms with Crippen LogP contribution in [0.1, 0.15) is 38.6 Å². The molecule has 0 radical (unpaired) electrons. The third kappa shape index (κ3) is 2.18. The van der Waals surface area contributed by atoms with Crippen molar-refractivity contribution < 1.29 is 0 Å². The van der Waals surface area contributed by atoms with Crippen LogP contribution in [-0.2, 0) is 0 Å². The zero-order valence-corrected chi connectivity index (χ0v) is 13.0. The third-order valence-corrected chi connectivity index (χ3v) is 5.76. The average Bonchev–Trinajstić information content (AvgIpc) is 3.22. The maximum absolute atomic E-state index is 6.36. The second-order valence-electron chi connectivity index (χ2n) is 6.61. The first-order valence-corrected chi connectivity index (χ1v) is 8.27. The minimum Gasteiger partial charge on any atom is -0.295 e. The SMILES string of the molecule is CC(C1CC2CCC1C2)n1c(Cl)nnc1-c1ccccc1. The molecule has 0 spiro atoms. The molecule has 4 rings (SSSR count). The summed E-state index contributed by atoms with van der Waals surface area (Å²) in [7, 11) is 0. The Kier molecular flexibility index (Phi) is 3.26. The van der Waals surface area contributed by atoms with E-state index in [2.05, 4.69) is 33.8 Å². The number of hydrogen-bond acceptors (Lipinski definition) is 2. The van der Waals surface area contributed by atoms with Crippen LogP contribution in [0.5, 0.6) is 0 Å². The summed E-state index contributed by atoms with van der Waals surface area (Å²) in [6.07, 6.45) is 5.57. The molecule has 0 N–H and O–H groups in total. The van der Waals surface area contributed by atoms with Crippen molar-refractivity contribution in [1.82, 2.24) is 14.8 Å². The number of aromatic nitrogens is 3. The van der Waals surface area contributed by atoms with E-state index >= 15 is 0 Å². The highest BCUT2D eigenvalue weighted by Gasteiger charge is 2.43. The lowest BCUT2D eigenvalue weighted by atomic mass is 9.84. The van der Waals surface area contributed by atoms with Gasteiger partial charge in [-0.2, -0.15) is 0 Å². The summed E-state index contributed by atoms with van der Waals surface area (Å²) in [5.41, 5.74) is 1.09. The van der Waals surface area contributed by atoms with Crippen LogP contribution < -0.4 is 0 Å². The van der Waals surface area contributed by atoms with Gasteiger partial charge in [0.1, 0.15) is 0 Å². The summed E-state index contributed by atoms with van der Waals surface area (Å²) in [5, 5.41) is 8.97. The predicted octanol–water partition coefficient (Wildman–Crippen LogP) is 4.60. The predicted molar refractivity (Wildman–Crippen MR) is 84.1 cm³/mol. The molecular weight excluding hydrogens is 282 g/mol. The van der Waals surface area contributed by atoms with Gasteiger partial charge in [0.05, 0.1) is 0 Å². The lowest BCUT2D eigenvalue weighted by Crippen LogP contribution is -2.22. The molecule has 2 aromatic rings. The fourth-order valence-electron chi connectivity index (χ4n) is 4.49. The van der Waals surface area contributed by atoms with Crippen LogP contribution >= 0.6 is 11.6 Å². The molecule has 4 unspecified atom stereocenters. The number of benzene rings is 1. The molecule has 2 saturated carbocycles. The van der Waals surface area contributed by atoms with Crippen molar-refractivity contribution >= 4 is 11.6 Å². The van der Waals surface area contributed by atoms with Gasteiger partial charge in [-0.1, -0.05) is 36.8 Å². The molecule has 0 aliphatic heterocycles. The van der Waals surface area contributed by atoms with E-state index in [4.69, 9.17) is 11.6 Å². The van der Waals surface area contributed by atoms with Crippen molar-refractivity contribution in [2.45, 2.75) is 38.6 Å². The number of nitrogens with zero attached hydrogens (tertiary/aromatic N) is 3. The second-order valence-corrected chi connectivity index (χ2v) is 6.95. The molecule has 4 heteroatoms. The van der Waals surface area contributed by atoms with E-state index in [0.717, 1.165) is 29.1 Å². The monoisotopic (exact) mass is 301 g/mol. The second kappa shape index (κ2) is 5.13. The molecule has 2 bridgehead atoms. The highest BCUT2D eigenvalue weighted by molar-refractivity contribution is 6.28. The van der Waals surface area contributed by atoms with E-state index in [-0.39, 0.29) is 0 Å². The Bertz CT molecular complexity index is 637. The van der Waals surface area contributed by atoms with E-state index < -0.39 is 0 Å². The fourth-order valence-corrected chi connectivity index (χ4v) is 4.77. The van der Waals surface area contributed by atoms with Crippen LogP contribution in [-0.4, -0.2) is 14.8 Å². The molecule has 0 saturated heterocycles. The van der Waals surface area contributed by atoms with E-state index in [1.807, 2.05) is 18.2 Å². The van der Waals surface area contributed by atoms with E-state index in [1.165, 1.54) is 25.7 Å². The molecule has 2 aliphatic carbocycles. The Balaban J connectivity index is 1.70. The van der Waals surface area contributed by atoms with Crippen LogP contribution in [0.15, 0.2) is 30.3 Å². The molecule has 2 fully saturated rings. The number of hydrogen-bond donors (Lipinski definition) is 0. The van der Waals surface area contributed by atoms with Gasteiger partial charge in [-0.3, -0.25) is 4.57 Å². The highest BCUT2D eigenvalue weighted by Crippen LogP contribution is 2.52. The summed E-state index contributed by atoms with van der Waals surface area (Å²) in [6.45, 7) is 2.28. The Hall–Kier alpha value is -1.35. The molecule has 1 aromatic carbocycles. The Morgan fingerprint density at radius 2 is 1.95 bits per heavy atom. The van der Waals surface area contributed by atoms with Gasteiger partial charge in [0.2, 0.25) is 5.28 Å².